The normalized spacial score (nSPS) is 16.2. The Morgan fingerprint density at radius 1 is 0.920 bits per heavy atom. The lowest BCUT2D eigenvalue weighted by molar-refractivity contribution is 0.359. The number of hydrogen-bond acceptors (Lipinski definition) is 2. The minimum atomic E-state index is 0.191. The van der Waals surface area contributed by atoms with Crippen LogP contribution in [0.4, 0.5) is 0 Å². The van der Waals surface area contributed by atoms with Crippen LogP contribution in [0.1, 0.15) is 96.6 Å². The largest absolute Gasteiger partial charge is 0.508 e. The van der Waals surface area contributed by atoms with Crippen LogP contribution < -0.4 is 0 Å². The molecule has 25 heavy (non-hydrogen) atoms. The maximum absolute atomic E-state index is 10.3. The van der Waals surface area contributed by atoms with E-state index in [1.165, 1.54) is 51.0 Å². The van der Waals surface area contributed by atoms with Gasteiger partial charge in [-0.25, -0.2) is 0 Å². The highest BCUT2D eigenvalue weighted by Crippen LogP contribution is 2.49. The number of hydrogen-bond donors (Lipinski definition) is 2. The highest BCUT2D eigenvalue weighted by molar-refractivity contribution is 5.45. The highest BCUT2D eigenvalue weighted by atomic mass is 16.3. The van der Waals surface area contributed by atoms with Gasteiger partial charge in [0.25, 0.3) is 0 Å². The van der Waals surface area contributed by atoms with Gasteiger partial charge in [0.2, 0.25) is 0 Å². The zero-order valence-electron chi connectivity index (χ0n) is 16.8. The van der Waals surface area contributed by atoms with Crippen molar-refractivity contribution in [2.24, 2.45) is 10.8 Å². The molecule has 0 radical (unpaired) electrons. The summed E-state index contributed by atoms with van der Waals surface area (Å²) in [6, 6.07) is 3.36. The molecule has 1 fully saturated rings. The Morgan fingerprint density at radius 3 is 2.24 bits per heavy atom. The molecule has 2 heteroatoms. The van der Waals surface area contributed by atoms with Crippen LogP contribution in [0.5, 0.6) is 11.5 Å². The van der Waals surface area contributed by atoms with E-state index in [1.807, 2.05) is 6.07 Å². The number of phenolic OH excluding ortho intramolecular Hbond substituents is 2. The second kappa shape index (κ2) is 8.47. The first kappa shape index (κ1) is 20.1. The van der Waals surface area contributed by atoms with E-state index in [2.05, 4.69) is 27.7 Å². The van der Waals surface area contributed by atoms with Crippen molar-refractivity contribution in [2.75, 3.05) is 0 Å². The van der Waals surface area contributed by atoms with Crippen molar-refractivity contribution in [3.63, 3.8) is 0 Å². The van der Waals surface area contributed by atoms with Crippen LogP contribution in [0, 0.1) is 10.8 Å². The Hall–Kier alpha value is -1.18. The topological polar surface area (TPSA) is 40.5 Å². The first-order valence-corrected chi connectivity index (χ1v) is 10.2. The third-order valence-corrected chi connectivity index (χ3v) is 5.74. The molecule has 1 aromatic carbocycles. The molecular weight excluding hydrogens is 308 g/mol. The summed E-state index contributed by atoms with van der Waals surface area (Å²) >= 11 is 0. The van der Waals surface area contributed by atoms with Crippen molar-refractivity contribution in [1.29, 1.82) is 0 Å². The van der Waals surface area contributed by atoms with Crippen LogP contribution >= 0.6 is 0 Å². The van der Waals surface area contributed by atoms with E-state index in [4.69, 9.17) is 0 Å². The summed E-state index contributed by atoms with van der Waals surface area (Å²) in [5.74, 6) is 0.465. The third kappa shape index (κ3) is 7.30. The van der Waals surface area contributed by atoms with Crippen molar-refractivity contribution >= 4 is 0 Å². The molecule has 0 aliphatic heterocycles. The van der Waals surface area contributed by atoms with E-state index in [-0.39, 0.29) is 11.5 Å². The third-order valence-electron chi connectivity index (χ3n) is 5.74. The van der Waals surface area contributed by atoms with Crippen LogP contribution in [0.25, 0.3) is 0 Å². The van der Waals surface area contributed by atoms with E-state index in [0.29, 0.717) is 10.8 Å². The zero-order valence-corrected chi connectivity index (χ0v) is 16.8. The fourth-order valence-corrected chi connectivity index (χ4v) is 3.68. The van der Waals surface area contributed by atoms with Crippen LogP contribution in [-0.4, -0.2) is 10.2 Å². The van der Waals surface area contributed by atoms with Crippen molar-refractivity contribution in [1.82, 2.24) is 0 Å². The standard InChI is InChI=1S/C23H38O2/c1-22(2,3)12-9-7-11-20-18(16-19(24)17-21(20)25)10-6-5-8-13-23(4)14-15-23/h16-17,24-25H,5-15H2,1-4H3. The Kier molecular flexibility index (Phi) is 6.82. The summed E-state index contributed by atoms with van der Waals surface area (Å²) in [4.78, 5) is 0. The van der Waals surface area contributed by atoms with E-state index >= 15 is 0 Å². The van der Waals surface area contributed by atoms with Gasteiger partial charge in [0, 0.05) is 6.07 Å². The number of benzene rings is 1. The second-order valence-electron chi connectivity index (χ2n) is 9.74. The lowest BCUT2D eigenvalue weighted by Gasteiger charge is -2.18. The van der Waals surface area contributed by atoms with Gasteiger partial charge in [-0.2, -0.15) is 0 Å². The summed E-state index contributed by atoms with van der Waals surface area (Å²) in [6.07, 6.45) is 13.2. The minimum Gasteiger partial charge on any atom is -0.508 e. The molecule has 0 unspecified atom stereocenters. The Morgan fingerprint density at radius 2 is 1.60 bits per heavy atom. The van der Waals surface area contributed by atoms with Gasteiger partial charge < -0.3 is 10.2 Å². The summed E-state index contributed by atoms with van der Waals surface area (Å²) < 4.78 is 0. The Balaban J connectivity index is 1.82. The van der Waals surface area contributed by atoms with Gasteiger partial charge in [0.1, 0.15) is 11.5 Å². The van der Waals surface area contributed by atoms with Gasteiger partial charge in [-0.05, 0) is 79.4 Å². The molecule has 0 spiro atoms. The number of phenols is 2. The van der Waals surface area contributed by atoms with Gasteiger partial charge in [-0.1, -0.05) is 47.0 Å². The van der Waals surface area contributed by atoms with Gasteiger partial charge in [-0.15, -0.1) is 0 Å². The van der Waals surface area contributed by atoms with Crippen LogP contribution in [0.3, 0.4) is 0 Å². The number of aryl methyl sites for hydroxylation is 1. The van der Waals surface area contributed by atoms with Gasteiger partial charge >= 0.3 is 0 Å². The fraction of sp³-hybridized carbons (Fsp3) is 0.739. The second-order valence-corrected chi connectivity index (χ2v) is 9.74. The van der Waals surface area contributed by atoms with E-state index < -0.39 is 0 Å². The molecule has 1 saturated carbocycles. The predicted octanol–water partition coefficient (Wildman–Crippen LogP) is 6.76. The predicted molar refractivity (Wildman–Crippen MR) is 106 cm³/mol. The first-order valence-electron chi connectivity index (χ1n) is 10.2. The van der Waals surface area contributed by atoms with Gasteiger partial charge in [-0.3, -0.25) is 0 Å². The molecular formula is C23H38O2. The van der Waals surface area contributed by atoms with Crippen LogP contribution in [0.2, 0.25) is 0 Å². The van der Waals surface area contributed by atoms with E-state index in [0.717, 1.165) is 36.8 Å². The summed E-state index contributed by atoms with van der Waals surface area (Å²) in [6.45, 7) is 9.23. The monoisotopic (exact) mass is 346 g/mol. The molecule has 2 nitrogen and oxygen atoms in total. The average Bonchev–Trinajstić information content (AvgIpc) is 3.21. The van der Waals surface area contributed by atoms with Crippen LogP contribution in [0.15, 0.2) is 12.1 Å². The van der Waals surface area contributed by atoms with Crippen molar-refractivity contribution in [2.45, 2.75) is 98.3 Å². The Labute approximate surface area is 154 Å². The molecule has 1 aliphatic carbocycles. The van der Waals surface area contributed by atoms with E-state index in [1.54, 1.807) is 0 Å². The smallest absolute Gasteiger partial charge is 0.122 e. The molecule has 0 heterocycles. The van der Waals surface area contributed by atoms with E-state index in [9.17, 15) is 10.2 Å². The molecule has 0 saturated heterocycles. The maximum atomic E-state index is 10.3. The van der Waals surface area contributed by atoms with Crippen LogP contribution in [-0.2, 0) is 12.8 Å². The van der Waals surface area contributed by atoms with Gasteiger partial charge in [0.15, 0.2) is 0 Å². The number of rotatable bonds is 10. The lowest BCUT2D eigenvalue weighted by atomic mass is 9.88. The fourth-order valence-electron chi connectivity index (χ4n) is 3.68. The molecule has 0 bridgehead atoms. The molecule has 0 amide bonds. The Bertz CT molecular complexity index is 550. The molecule has 2 rings (SSSR count). The van der Waals surface area contributed by atoms with Crippen molar-refractivity contribution in [3.8, 4) is 11.5 Å². The zero-order chi connectivity index (χ0) is 18.5. The quantitative estimate of drug-likeness (QED) is 0.459. The molecule has 1 aliphatic rings. The molecule has 0 atom stereocenters. The highest BCUT2D eigenvalue weighted by Gasteiger charge is 2.35. The molecule has 1 aromatic rings. The molecule has 2 N–H and O–H groups in total. The SMILES string of the molecule is CC(C)(C)CCCCc1c(O)cc(O)cc1CCCCCC1(C)CC1. The average molecular weight is 347 g/mol. The minimum absolute atomic E-state index is 0.191. The lowest BCUT2D eigenvalue weighted by Crippen LogP contribution is -2.04. The summed E-state index contributed by atoms with van der Waals surface area (Å²) in [5, 5.41) is 20.1. The maximum Gasteiger partial charge on any atom is 0.122 e. The summed E-state index contributed by atoms with van der Waals surface area (Å²) in [5.41, 5.74) is 3.23. The summed E-state index contributed by atoms with van der Waals surface area (Å²) in [7, 11) is 0. The first-order chi connectivity index (χ1) is 11.7. The van der Waals surface area contributed by atoms with Gasteiger partial charge in [0.05, 0.1) is 0 Å². The number of unbranched alkanes of at least 4 members (excludes halogenated alkanes) is 3. The molecule has 142 valence electrons. The number of aromatic hydroxyl groups is 2. The van der Waals surface area contributed by atoms with Crippen molar-refractivity contribution in [3.05, 3.63) is 23.3 Å². The van der Waals surface area contributed by atoms with Crippen molar-refractivity contribution < 1.29 is 10.2 Å². The molecule has 0 aromatic heterocycles.